The van der Waals surface area contributed by atoms with E-state index in [9.17, 15) is 4.79 Å². The van der Waals surface area contributed by atoms with Crippen LogP contribution in [0.5, 0.6) is 0 Å². The molecule has 0 heterocycles. The molecule has 3 heteroatoms. The minimum absolute atomic E-state index is 0.222. The topological polar surface area (TPSA) is 38.3 Å². The van der Waals surface area contributed by atoms with Gasteiger partial charge in [-0.3, -0.25) is 0 Å². The zero-order chi connectivity index (χ0) is 12.1. The van der Waals surface area contributed by atoms with Gasteiger partial charge in [0, 0.05) is 5.69 Å². The van der Waals surface area contributed by atoms with Gasteiger partial charge < -0.3 is 10.1 Å². The molecule has 0 amide bonds. The zero-order valence-corrected chi connectivity index (χ0v) is 10.3. The third-order valence-electron chi connectivity index (χ3n) is 2.53. The summed E-state index contributed by atoms with van der Waals surface area (Å²) in [6.07, 6.45) is 0. The molecule has 0 saturated carbocycles. The SMILES string of the molecule is CCOC(=O)[C@H](C)Nc1ccc(C)c(C)c1. The van der Waals surface area contributed by atoms with Crippen molar-refractivity contribution in [3.63, 3.8) is 0 Å². The van der Waals surface area contributed by atoms with Crippen molar-refractivity contribution in [2.24, 2.45) is 0 Å². The molecule has 0 saturated heterocycles. The van der Waals surface area contributed by atoms with Crippen molar-refractivity contribution in [3.8, 4) is 0 Å². The Morgan fingerprint density at radius 1 is 1.38 bits per heavy atom. The van der Waals surface area contributed by atoms with Crippen molar-refractivity contribution in [2.75, 3.05) is 11.9 Å². The lowest BCUT2D eigenvalue weighted by Gasteiger charge is -2.14. The average Bonchev–Trinajstić information content (AvgIpc) is 2.24. The third-order valence-corrected chi connectivity index (χ3v) is 2.53. The van der Waals surface area contributed by atoms with Gasteiger partial charge in [-0.25, -0.2) is 4.79 Å². The van der Waals surface area contributed by atoms with Gasteiger partial charge in [0.1, 0.15) is 6.04 Å². The second-order valence-electron chi connectivity index (χ2n) is 3.92. The lowest BCUT2D eigenvalue weighted by atomic mass is 10.1. The van der Waals surface area contributed by atoms with Gasteiger partial charge in [-0.2, -0.15) is 0 Å². The van der Waals surface area contributed by atoms with Gasteiger partial charge in [0.15, 0.2) is 0 Å². The summed E-state index contributed by atoms with van der Waals surface area (Å²) in [5.74, 6) is -0.222. The van der Waals surface area contributed by atoms with Crippen molar-refractivity contribution >= 4 is 11.7 Å². The number of benzene rings is 1. The molecule has 0 bridgehead atoms. The zero-order valence-electron chi connectivity index (χ0n) is 10.3. The maximum atomic E-state index is 11.4. The smallest absolute Gasteiger partial charge is 0.328 e. The van der Waals surface area contributed by atoms with E-state index in [-0.39, 0.29) is 12.0 Å². The van der Waals surface area contributed by atoms with Gasteiger partial charge in [0.05, 0.1) is 6.61 Å². The van der Waals surface area contributed by atoms with E-state index in [4.69, 9.17) is 4.74 Å². The summed E-state index contributed by atoms with van der Waals surface area (Å²) in [7, 11) is 0. The second kappa shape index (κ2) is 5.54. The fourth-order valence-electron chi connectivity index (χ4n) is 1.41. The molecule has 0 spiro atoms. The van der Waals surface area contributed by atoms with Crippen LogP contribution in [0.4, 0.5) is 5.69 Å². The summed E-state index contributed by atoms with van der Waals surface area (Å²) in [6, 6.07) is 5.72. The number of hydrogen-bond acceptors (Lipinski definition) is 3. The molecule has 0 fully saturated rings. The van der Waals surface area contributed by atoms with Crippen LogP contribution in [0, 0.1) is 13.8 Å². The van der Waals surface area contributed by atoms with Gasteiger partial charge in [0.25, 0.3) is 0 Å². The molecule has 1 atom stereocenters. The van der Waals surface area contributed by atoms with Crippen molar-refractivity contribution in [1.29, 1.82) is 0 Å². The Labute approximate surface area is 96.8 Å². The van der Waals surface area contributed by atoms with Crippen molar-refractivity contribution in [1.82, 2.24) is 0 Å². The number of esters is 1. The fraction of sp³-hybridized carbons (Fsp3) is 0.462. The van der Waals surface area contributed by atoms with E-state index in [2.05, 4.69) is 19.2 Å². The Bertz CT molecular complexity index is 374. The highest BCUT2D eigenvalue weighted by molar-refractivity contribution is 5.78. The minimum Gasteiger partial charge on any atom is -0.464 e. The summed E-state index contributed by atoms with van der Waals surface area (Å²) >= 11 is 0. The molecular weight excluding hydrogens is 202 g/mol. The lowest BCUT2D eigenvalue weighted by Crippen LogP contribution is -2.28. The normalized spacial score (nSPS) is 12.0. The van der Waals surface area contributed by atoms with Crippen LogP contribution in [0.3, 0.4) is 0 Å². The summed E-state index contributed by atoms with van der Waals surface area (Å²) in [5.41, 5.74) is 3.40. The molecule has 1 aromatic rings. The van der Waals surface area contributed by atoms with E-state index in [0.29, 0.717) is 6.61 Å². The van der Waals surface area contributed by atoms with Crippen molar-refractivity contribution < 1.29 is 9.53 Å². The molecule has 3 nitrogen and oxygen atoms in total. The predicted octanol–water partition coefficient (Wildman–Crippen LogP) is 2.67. The predicted molar refractivity (Wildman–Crippen MR) is 65.6 cm³/mol. The van der Waals surface area contributed by atoms with Gasteiger partial charge in [-0.1, -0.05) is 6.07 Å². The van der Waals surface area contributed by atoms with Gasteiger partial charge in [0.2, 0.25) is 0 Å². The van der Waals surface area contributed by atoms with Crippen LogP contribution in [-0.4, -0.2) is 18.6 Å². The number of ether oxygens (including phenoxy) is 1. The van der Waals surface area contributed by atoms with Crippen LogP contribution in [-0.2, 0) is 9.53 Å². The Balaban J connectivity index is 2.66. The standard InChI is InChI=1S/C13H19NO2/c1-5-16-13(15)11(4)14-12-7-6-9(2)10(3)8-12/h6-8,11,14H,5H2,1-4H3/t11-/m0/s1. The van der Waals surface area contributed by atoms with E-state index < -0.39 is 0 Å². The number of anilines is 1. The number of aryl methyl sites for hydroxylation is 2. The van der Waals surface area contributed by atoms with Crippen molar-refractivity contribution in [2.45, 2.75) is 33.7 Å². The summed E-state index contributed by atoms with van der Waals surface area (Å²) in [5, 5.41) is 3.12. The molecule has 0 aliphatic carbocycles. The van der Waals surface area contributed by atoms with E-state index in [1.165, 1.54) is 11.1 Å². The van der Waals surface area contributed by atoms with Crippen LogP contribution in [0.25, 0.3) is 0 Å². The van der Waals surface area contributed by atoms with E-state index in [1.54, 1.807) is 13.8 Å². The monoisotopic (exact) mass is 221 g/mol. The van der Waals surface area contributed by atoms with Crippen LogP contribution in [0.2, 0.25) is 0 Å². The first kappa shape index (κ1) is 12.6. The quantitative estimate of drug-likeness (QED) is 0.794. The highest BCUT2D eigenvalue weighted by atomic mass is 16.5. The number of nitrogens with one attached hydrogen (secondary N) is 1. The Morgan fingerprint density at radius 3 is 2.62 bits per heavy atom. The van der Waals surface area contributed by atoms with Gasteiger partial charge >= 0.3 is 5.97 Å². The first-order chi connectivity index (χ1) is 7.54. The molecule has 88 valence electrons. The fourth-order valence-corrected chi connectivity index (χ4v) is 1.41. The van der Waals surface area contributed by atoms with E-state index in [1.807, 2.05) is 18.2 Å². The average molecular weight is 221 g/mol. The molecule has 1 aromatic carbocycles. The molecule has 0 unspecified atom stereocenters. The molecule has 1 rings (SSSR count). The summed E-state index contributed by atoms with van der Waals surface area (Å²) in [4.78, 5) is 11.4. The molecule has 0 aliphatic heterocycles. The Hall–Kier alpha value is -1.51. The summed E-state index contributed by atoms with van der Waals surface area (Å²) in [6.45, 7) is 8.13. The molecular formula is C13H19NO2. The van der Waals surface area contributed by atoms with E-state index in [0.717, 1.165) is 5.69 Å². The van der Waals surface area contributed by atoms with Crippen molar-refractivity contribution in [3.05, 3.63) is 29.3 Å². The first-order valence-electron chi connectivity index (χ1n) is 5.55. The molecule has 16 heavy (non-hydrogen) atoms. The van der Waals surface area contributed by atoms with E-state index >= 15 is 0 Å². The maximum absolute atomic E-state index is 11.4. The number of hydrogen-bond donors (Lipinski definition) is 1. The highest BCUT2D eigenvalue weighted by Gasteiger charge is 2.13. The summed E-state index contributed by atoms with van der Waals surface area (Å²) < 4.78 is 4.93. The third kappa shape index (κ3) is 3.26. The molecule has 0 aliphatic rings. The van der Waals surface area contributed by atoms with Crippen LogP contribution in [0.15, 0.2) is 18.2 Å². The molecule has 0 aromatic heterocycles. The van der Waals surface area contributed by atoms with Gasteiger partial charge in [-0.05, 0) is 51.0 Å². The Kier molecular flexibility index (Phi) is 4.35. The largest absolute Gasteiger partial charge is 0.464 e. The highest BCUT2D eigenvalue weighted by Crippen LogP contribution is 2.15. The number of carbonyl (C=O) groups is 1. The van der Waals surface area contributed by atoms with Crippen LogP contribution >= 0.6 is 0 Å². The van der Waals surface area contributed by atoms with Gasteiger partial charge in [-0.15, -0.1) is 0 Å². The molecule has 0 radical (unpaired) electrons. The van der Waals surface area contributed by atoms with Crippen LogP contribution < -0.4 is 5.32 Å². The van der Waals surface area contributed by atoms with Crippen LogP contribution in [0.1, 0.15) is 25.0 Å². The number of rotatable bonds is 4. The molecule has 1 N–H and O–H groups in total. The minimum atomic E-state index is -0.318. The Morgan fingerprint density at radius 2 is 2.06 bits per heavy atom. The first-order valence-corrected chi connectivity index (χ1v) is 5.55. The maximum Gasteiger partial charge on any atom is 0.328 e. The lowest BCUT2D eigenvalue weighted by molar-refractivity contribution is -0.143. The second-order valence-corrected chi connectivity index (χ2v) is 3.92. The number of carbonyl (C=O) groups excluding carboxylic acids is 1.